The summed E-state index contributed by atoms with van der Waals surface area (Å²) in [5, 5.41) is 12.3. The fourth-order valence-corrected chi connectivity index (χ4v) is 2.35. The highest BCUT2D eigenvalue weighted by Crippen LogP contribution is 2.32. The van der Waals surface area contributed by atoms with Gasteiger partial charge in [-0.25, -0.2) is 9.18 Å². The van der Waals surface area contributed by atoms with Crippen LogP contribution in [0.3, 0.4) is 0 Å². The Bertz CT molecular complexity index is 691. The molecule has 0 fully saturated rings. The van der Waals surface area contributed by atoms with E-state index in [2.05, 4.69) is 5.32 Å². The van der Waals surface area contributed by atoms with E-state index in [0.717, 1.165) is 0 Å². The van der Waals surface area contributed by atoms with Crippen molar-refractivity contribution in [1.82, 2.24) is 0 Å². The smallest absolute Gasteiger partial charge is 0.337 e. The third kappa shape index (κ3) is 3.25. The molecule has 1 unspecified atom stereocenters. The number of rotatable bonds is 4. The van der Waals surface area contributed by atoms with Gasteiger partial charge in [0.1, 0.15) is 5.82 Å². The number of carbonyl (C=O) groups is 1. The number of nitrogen functional groups attached to an aromatic ring is 1. The molecule has 0 aromatic heterocycles. The van der Waals surface area contributed by atoms with E-state index in [9.17, 15) is 14.3 Å². The predicted octanol–water partition coefficient (Wildman–Crippen LogP) is 3.93. The number of carboxylic acid groups (broad SMARTS) is 1. The standard InChI is InChI=1S/C15H14ClFN2O2/c1-8(10-4-2-3-5-13(10)17)19-14-11(15(20)21)6-9(18)7-12(14)16/h2-8,19H,18H2,1H3,(H,20,21). The molecule has 0 saturated heterocycles. The molecule has 0 aliphatic carbocycles. The number of anilines is 2. The van der Waals surface area contributed by atoms with E-state index in [4.69, 9.17) is 17.3 Å². The van der Waals surface area contributed by atoms with Crippen molar-refractivity contribution in [3.63, 3.8) is 0 Å². The second-order valence-electron chi connectivity index (χ2n) is 4.62. The Morgan fingerprint density at radius 1 is 1.38 bits per heavy atom. The molecule has 2 aromatic rings. The zero-order chi connectivity index (χ0) is 15.6. The molecule has 21 heavy (non-hydrogen) atoms. The minimum absolute atomic E-state index is 0.0526. The minimum Gasteiger partial charge on any atom is -0.478 e. The molecule has 2 aromatic carbocycles. The first-order valence-corrected chi connectivity index (χ1v) is 6.61. The molecule has 0 amide bonds. The monoisotopic (exact) mass is 308 g/mol. The van der Waals surface area contributed by atoms with E-state index in [-0.39, 0.29) is 27.8 Å². The fraction of sp³-hybridized carbons (Fsp3) is 0.133. The van der Waals surface area contributed by atoms with Crippen molar-refractivity contribution in [2.45, 2.75) is 13.0 Å². The molecule has 2 rings (SSSR count). The van der Waals surface area contributed by atoms with Gasteiger partial charge in [-0.3, -0.25) is 0 Å². The molecule has 1 atom stereocenters. The largest absolute Gasteiger partial charge is 0.478 e. The molecular formula is C15H14ClFN2O2. The van der Waals surface area contributed by atoms with Crippen molar-refractivity contribution in [3.8, 4) is 0 Å². The van der Waals surface area contributed by atoms with E-state index >= 15 is 0 Å². The van der Waals surface area contributed by atoms with E-state index < -0.39 is 12.0 Å². The zero-order valence-corrected chi connectivity index (χ0v) is 12.0. The molecule has 0 saturated carbocycles. The number of nitrogens with two attached hydrogens (primary N) is 1. The third-order valence-electron chi connectivity index (χ3n) is 3.08. The van der Waals surface area contributed by atoms with Crippen LogP contribution < -0.4 is 11.1 Å². The minimum atomic E-state index is -1.16. The van der Waals surface area contributed by atoms with Gasteiger partial charge in [-0.15, -0.1) is 0 Å². The maximum Gasteiger partial charge on any atom is 0.337 e. The van der Waals surface area contributed by atoms with Crippen LogP contribution in [0.15, 0.2) is 36.4 Å². The summed E-state index contributed by atoms with van der Waals surface area (Å²) in [4.78, 5) is 11.3. The second-order valence-corrected chi connectivity index (χ2v) is 5.03. The topological polar surface area (TPSA) is 75.3 Å². The van der Waals surface area contributed by atoms with Crippen molar-refractivity contribution >= 4 is 28.9 Å². The number of hydrogen-bond acceptors (Lipinski definition) is 3. The lowest BCUT2D eigenvalue weighted by Crippen LogP contribution is -2.13. The Balaban J connectivity index is 2.40. The Morgan fingerprint density at radius 3 is 2.67 bits per heavy atom. The van der Waals surface area contributed by atoms with E-state index in [1.54, 1.807) is 25.1 Å². The SMILES string of the molecule is CC(Nc1c(Cl)cc(N)cc1C(=O)O)c1ccccc1F. The highest BCUT2D eigenvalue weighted by atomic mass is 35.5. The first-order chi connectivity index (χ1) is 9.90. The average molecular weight is 309 g/mol. The summed E-state index contributed by atoms with van der Waals surface area (Å²) >= 11 is 6.05. The van der Waals surface area contributed by atoms with Crippen LogP contribution in [-0.2, 0) is 0 Å². The Morgan fingerprint density at radius 2 is 2.05 bits per heavy atom. The van der Waals surface area contributed by atoms with Gasteiger partial charge in [-0.05, 0) is 25.1 Å². The van der Waals surface area contributed by atoms with Crippen LogP contribution in [0.25, 0.3) is 0 Å². The maximum absolute atomic E-state index is 13.8. The predicted molar refractivity (Wildman–Crippen MR) is 81.3 cm³/mol. The van der Waals surface area contributed by atoms with Crippen molar-refractivity contribution in [2.24, 2.45) is 0 Å². The molecule has 0 spiro atoms. The molecule has 4 nitrogen and oxygen atoms in total. The van der Waals surface area contributed by atoms with Crippen LogP contribution in [0.2, 0.25) is 5.02 Å². The normalized spacial score (nSPS) is 12.0. The molecule has 6 heteroatoms. The summed E-state index contributed by atoms with van der Waals surface area (Å²) in [5.74, 6) is -1.53. The second kappa shape index (κ2) is 6.01. The number of hydrogen-bond donors (Lipinski definition) is 3. The number of carboxylic acids is 1. The van der Waals surface area contributed by atoms with Gasteiger partial charge in [0.25, 0.3) is 0 Å². The number of halogens is 2. The molecule has 0 aliphatic rings. The van der Waals surface area contributed by atoms with Crippen molar-refractivity contribution in [1.29, 1.82) is 0 Å². The van der Waals surface area contributed by atoms with Crippen molar-refractivity contribution in [3.05, 3.63) is 58.4 Å². The van der Waals surface area contributed by atoms with Gasteiger partial charge in [-0.2, -0.15) is 0 Å². The highest BCUT2D eigenvalue weighted by molar-refractivity contribution is 6.34. The van der Waals surface area contributed by atoms with Gasteiger partial charge in [-0.1, -0.05) is 29.8 Å². The molecular weight excluding hydrogens is 295 g/mol. The summed E-state index contributed by atoms with van der Waals surface area (Å²) in [6.07, 6.45) is 0. The number of aromatic carboxylic acids is 1. The van der Waals surface area contributed by atoms with Crippen LogP contribution in [0.4, 0.5) is 15.8 Å². The van der Waals surface area contributed by atoms with Gasteiger partial charge >= 0.3 is 5.97 Å². The maximum atomic E-state index is 13.8. The fourth-order valence-electron chi connectivity index (χ4n) is 2.06. The lowest BCUT2D eigenvalue weighted by Gasteiger charge is -2.19. The van der Waals surface area contributed by atoms with Crippen molar-refractivity contribution < 1.29 is 14.3 Å². The summed E-state index contributed by atoms with van der Waals surface area (Å²) in [7, 11) is 0. The first-order valence-electron chi connectivity index (χ1n) is 6.23. The molecule has 0 aliphatic heterocycles. The number of nitrogens with one attached hydrogen (secondary N) is 1. The van der Waals surface area contributed by atoms with Gasteiger partial charge in [0.15, 0.2) is 0 Å². The van der Waals surface area contributed by atoms with Gasteiger partial charge in [0, 0.05) is 11.3 Å². The van der Waals surface area contributed by atoms with Crippen LogP contribution in [-0.4, -0.2) is 11.1 Å². The average Bonchev–Trinajstić information content (AvgIpc) is 2.41. The molecule has 0 heterocycles. The Labute approximate surface area is 126 Å². The molecule has 4 N–H and O–H groups in total. The summed E-state index contributed by atoms with van der Waals surface area (Å²) < 4.78 is 13.8. The molecule has 0 bridgehead atoms. The lowest BCUT2D eigenvalue weighted by atomic mass is 10.1. The summed E-state index contributed by atoms with van der Waals surface area (Å²) in [5.41, 5.74) is 6.43. The number of benzene rings is 2. The van der Waals surface area contributed by atoms with E-state index in [1.807, 2.05) is 0 Å². The van der Waals surface area contributed by atoms with E-state index in [1.165, 1.54) is 18.2 Å². The van der Waals surface area contributed by atoms with Gasteiger partial charge in [0.2, 0.25) is 0 Å². The third-order valence-corrected chi connectivity index (χ3v) is 3.37. The van der Waals surface area contributed by atoms with Crippen LogP contribution in [0.1, 0.15) is 28.9 Å². The van der Waals surface area contributed by atoms with Crippen LogP contribution in [0, 0.1) is 5.82 Å². The Kier molecular flexibility index (Phi) is 4.33. The van der Waals surface area contributed by atoms with Gasteiger partial charge in [0.05, 0.1) is 22.3 Å². The van der Waals surface area contributed by atoms with Crippen LogP contribution >= 0.6 is 11.6 Å². The quantitative estimate of drug-likeness (QED) is 0.748. The van der Waals surface area contributed by atoms with Crippen molar-refractivity contribution in [2.75, 3.05) is 11.1 Å². The Hall–Kier alpha value is -2.27. The van der Waals surface area contributed by atoms with Gasteiger partial charge < -0.3 is 16.2 Å². The first kappa shape index (κ1) is 15.1. The highest BCUT2D eigenvalue weighted by Gasteiger charge is 2.18. The van der Waals surface area contributed by atoms with Crippen LogP contribution in [0.5, 0.6) is 0 Å². The summed E-state index contributed by atoms with van der Waals surface area (Å²) in [6.45, 7) is 1.72. The molecule has 110 valence electrons. The summed E-state index contributed by atoms with van der Waals surface area (Å²) in [6, 6.07) is 8.57. The lowest BCUT2D eigenvalue weighted by molar-refractivity contribution is 0.0698. The zero-order valence-electron chi connectivity index (χ0n) is 11.2. The van der Waals surface area contributed by atoms with E-state index in [0.29, 0.717) is 5.56 Å². The molecule has 0 radical (unpaired) electrons.